The van der Waals surface area contributed by atoms with Crippen LogP contribution < -0.4 is 10.2 Å². The van der Waals surface area contributed by atoms with E-state index in [0.29, 0.717) is 6.04 Å². The molecule has 0 saturated carbocycles. The van der Waals surface area contributed by atoms with Gasteiger partial charge in [-0.25, -0.2) is 4.39 Å². The largest absolute Gasteiger partial charge is 0.370 e. The molecule has 0 amide bonds. The lowest BCUT2D eigenvalue weighted by Gasteiger charge is -2.21. The van der Waals surface area contributed by atoms with E-state index in [2.05, 4.69) is 17.1 Å². The molecule has 1 aromatic rings. The number of likely N-dealkylation sites (N-methyl/N-ethyl adjacent to an activating group) is 1. The van der Waals surface area contributed by atoms with Gasteiger partial charge in [0.25, 0.3) is 0 Å². The maximum atomic E-state index is 13.4. The summed E-state index contributed by atoms with van der Waals surface area (Å²) in [6, 6.07) is 5.87. The van der Waals surface area contributed by atoms with Crippen molar-refractivity contribution in [1.82, 2.24) is 5.32 Å². The van der Waals surface area contributed by atoms with E-state index < -0.39 is 0 Å². The number of halogens is 1. The highest BCUT2D eigenvalue weighted by molar-refractivity contribution is 5.54. The van der Waals surface area contributed by atoms with Crippen LogP contribution in [0.4, 0.5) is 10.1 Å². The van der Waals surface area contributed by atoms with Gasteiger partial charge in [-0.05, 0) is 32.0 Å². The van der Waals surface area contributed by atoms with Crippen LogP contribution >= 0.6 is 0 Å². The molecule has 0 radical (unpaired) electrons. The minimum absolute atomic E-state index is 0.107. The van der Waals surface area contributed by atoms with Crippen LogP contribution in [0.25, 0.3) is 0 Å². The van der Waals surface area contributed by atoms with Gasteiger partial charge in [0.2, 0.25) is 0 Å². The van der Waals surface area contributed by atoms with Crippen molar-refractivity contribution in [2.45, 2.75) is 26.3 Å². The first-order valence-electron chi connectivity index (χ1n) is 5.95. The molecule has 0 aliphatic carbocycles. The average molecular weight is 222 g/mol. The maximum absolute atomic E-state index is 13.4. The zero-order chi connectivity index (χ0) is 11.5. The SMILES string of the molecule is CCNC1CCN(c2cccc(F)c2C)C1. The molecule has 1 aromatic carbocycles. The van der Waals surface area contributed by atoms with Crippen molar-refractivity contribution in [2.24, 2.45) is 0 Å². The zero-order valence-corrected chi connectivity index (χ0v) is 9.96. The first-order valence-corrected chi connectivity index (χ1v) is 5.95. The van der Waals surface area contributed by atoms with E-state index in [1.54, 1.807) is 6.07 Å². The quantitative estimate of drug-likeness (QED) is 0.844. The zero-order valence-electron chi connectivity index (χ0n) is 9.96. The number of benzene rings is 1. The number of anilines is 1. The van der Waals surface area contributed by atoms with Crippen LogP contribution in [-0.2, 0) is 0 Å². The molecule has 16 heavy (non-hydrogen) atoms. The Morgan fingerprint density at radius 1 is 1.50 bits per heavy atom. The molecule has 1 aliphatic heterocycles. The Balaban J connectivity index is 2.11. The summed E-state index contributed by atoms with van der Waals surface area (Å²) >= 11 is 0. The van der Waals surface area contributed by atoms with E-state index in [1.165, 1.54) is 6.07 Å². The van der Waals surface area contributed by atoms with Gasteiger partial charge in [-0.3, -0.25) is 0 Å². The van der Waals surface area contributed by atoms with E-state index >= 15 is 0 Å². The first kappa shape index (κ1) is 11.4. The maximum Gasteiger partial charge on any atom is 0.128 e. The second-order valence-corrected chi connectivity index (χ2v) is 4.37. The fourth-order valence-electron chi connectivity index (χ4n) is 2.37. The fraction of sp³-hybridized carbons (Fsp3) is 0.538. The first-order chi connectivity index (χ1) is 7.72. The summed E-state index contributed by atoms with van der Waals surface area (Å²) in [6.45, 7) is 6.97. The van der Waals surface area contributed by atoms with Gasteiger partial charge in [0.1, 0.15) is 5.82 Å². The molecule has 0 aromatic heterocycles. The van der Waals surface area contributed by atoms with Crippen LogP contribution in [0.3, 0.4) is 0 Å². The molecule has 1 fully saturated rings. The molecule has 1 atom stereocenters. The van der Waals surface area contributed by atoms with Crippen LogP contribution in [-0.4, -0.2) is 25.7 Å². The number of hydrogen-bond donors (Lipinski definition) is 1. The Kier molecular flexibility index (Phi) is 3.44. The van der Waals surface area contributed by atoms with Crippen LogP contribution in [0.15, 0.2) is 18.2 Å². The molecular weight excluding hydrogens is 203 g/mol. The van der Waals surface area contributed by atoms with Crippen molar-refractivity contribution in [3.05, 3.63) is 29.6 Å². The van der Waals surface area contributed by atoms with E-state index in [9.17, 15) is 4.39 Å². The van der Waals surface area contributed by atoms with E-state index in [-0.39, 0.29) is 5.82 Å². The predicted octanol–water partition coefficient (Wildman–Crippen LogP) is 2.32. The number of nitrogens with zero attached hydrogens (tertiary/aromatic N) is 1. The Labute approximate surface area is 96.5 Å². The molecule has 88 valence electrons. The van der Waals surface area contributed by atoms with Crippen molar-refractivity contribution < 1.29 is 4.39 Å². The van der Waals surface area contributed by atoms with Gasteiger partial charge in [-0.1, -0.05) is 13.0 Å². The highest BCUT2D eigenvalue weighted by Crippen LogP contribution is 2.25. The van der Waals surface area contributed by atoms with Gasteiger partial charge in [-0.2, -0.15) is 0 Å². The third-order valence-corrected chi connectivity index (χ3v) is 3.26. The Bertz CT molecular complexity index is 365. The number of rotatable bonds is 3. The van der Waals surface area contributed by atoms with E-state index in [1.807, 2.05) is 13.0 Å². The average Bonchev–Trinajstić information content (AvgIpc) is 2.71. The lowest BCUT2D eigenvalue weighted by Crippen LogP contribution is -2.32. The van der Waals surface area contributed by atoms with Crippen molar-refractivity contribution in [2.75, 3.05) is 24.5 Å². The number of nitrogens with one attached hydrogen (secondary N) is 1. The van der Waals surface area contributed by atoms with Crippen LogP contribution in [0.2, 0.25) is 0 Å². The van der Waals surface area contributed by atoms with Gasteiger partial charge in [0.05, 0.1) is 0 Å². The minimum atomic E-state index is -0.107. The monoisotopic (exact) mass is 222 g/mol. The normalized spacial score (nSPS) is 20.4. The summed E-state index contributed by atoms with van der Waals surface area (Å²) in [4.78, 5) is 2.27. The lowest BCUT2D eigenvalue weighted by molar-refractivity contribution is 0.571. The second kappa shape index (κ2) is 4.83. The molecule has 2 rings (SSSR count). The third kappa shape index (κ3) is 2.19. The second-order valence-electron chi connectivity index (χ2n) is 4.37. The van der Waals surface area contributed by atoms with Gasteiger partial charge in [0.15, 0.2) is 0 Å². The summed E-state index contributed by atoms with van der Waals surface area (Å²) < 4.78 is 13.4. The van der Waals surface area contributed by atoms with Gasteiger partial charge in [-0.15, -0.1) is 0 Å². The smallest absolute Gasteiger partial charge is 0.128 e. The van der Waals surface area contributed by atoms with Crippen LogP contribution in [0.1, 0.15) is 18.9 Å². The topological polar surface area (TPSA) is 15.3 Å². The van der Waals surface area contributed by atoms with Crippen LogP contribution in [0.5, 0.6) is 0 Å². The third-order valence-electron chi connectivity index (χ3n) is 3.26. The Morgan fingerprint density at radius 2 is 2.31 bits per heavy atom. The minimum Gasteiger partial charge on any atom is -0.370 e. The summed E-state index contributed by atoms with van der Waals surface area (Å²) in [5.41, 5.74) is 1.81. The van der Waals surface area contributed by atoms with Crippen molar-refractivity contribution in [3.8, 4) is 0 Å². The van der Waals surface area contributed by atoms with E-state index in [4.69, 9.17) is 0 Å². The molecule has 3 heteroatoms. The summed E-state index contributed by atoms with van der Waals surface area (Å²) in [7, 11) is 0. The van der Waals surface area contributed by atoms with E-state index in [0.717, 1.165) is 37.3 Å². The molecule has 2 nitrogen and oxygen atoms in total. The van der Waals surface area contributed by atoms with Crippen LogP contribution in [0, 0.1) is 12.7 Å². The summed E-state index contributed by atoms with van der Waals surface area (Å²) in [5, 5.41) is 3.44. The van der Waals surface area contributed by atoms with Gasteiger partial charge >= 0.3 is 0 Å². The lowest BCUT2D eigenvalue weighted by atomic mass is 10.2. The van der Waals surface area contributed by atoms with Gasteiger partial charge < -0.3 is 10.2 Å². The molecule has 0 spiro atoms. The van der Waals surface area contributed by atoms with Crippen molar-refractivity contribution >= 4 is 5.69 Å². The van der Waals surface area contributed by atoms with Crippen molar-refractivity contribution in [1.29, 1.82) is 0 Å². The Morgan fingerprint density at radius 3 is 3.06 bits per heavy atom. The predicted molar refractivity (Wildman–Crippen MR) is 65.4 cm³/mol. The van der Waals surface area contributed by atoms with Crippen molar-refractivity contribution in [3.63, 3.8) is 0 Å². The Hall–Kier alpha value is -1.09. The molecular formula is C13H19FN2. The molecule has 1 N–H and O–H groups in total. The molecule has 0 bridgehead atoms. The standard InChI is InChI=1S/C13H19FN2/c1-3-15-11-7-8-16(9-11)13-6-4-5-12(14)10(13)2/h4-6,11,15H,3,7-9H2,1-2H3. The van der Waals surface area contributed by atoms with Gasteiger partial charge in [0, 0.05) is 30.4 Å². The number of hydrogen-bond acceptors (Lipinski definition) is 2. The summed E-state index contributed by atoms with van der Waals surface area (Å²) in [6.07, 6.45) is 1.14. The molecule has 1 saturated heterocycles. The highest BCUT2D eigenvalue weighted by atomic mass is 19.1. The fourth-order valence-corrected chi connectivity index (χ4v) is 2.37. The molecule has 1 heterocycles. The molecule has 1 aliphatic rings. The highest BCUT2D eigenvalue weighted by Gasteiger charge is 2.23. The summed E-state index contributed by atoms with van der Waals surface area (Å²) in [5.74, 6) is -0.107. The molecule has 1 unspecified atom stereocenters.